The van der Waals surface area contributed by atoms with E-state index in [9.17, 15) is 13.2 Å². The number of benzene rings is 2. The standard InChI is InChI=1S/C17H19ClN2O4S/c1-24-12-2-11-19-25(22,23)16-9-3-13(4-10-16)17(21)20-15-7-5-14(18)6-8-15/h3-10,19H,2,11-12H2,1H3,(H,20,21). The monoisotopic (exact) mass is 382 g/mol. The van der Waals surface area contributed by atoms with Gasteiger partial charge < -0.3 is 10.1 Å². The Balaban J connectivity index is 2.00. The van der Waals surface area contributed by atoms with Crippen LogP contribution >= 0.6 is 11.6 Å². The number of sulfonamides is 1. The second kappa shape index (κ2) is 8.96. The fourth-order valence-corrected chi connectivity index (χ4v) is 3.23. The summed E-state index contributed by atoms with van der Waals surface area (Å²) < 4.78 is 31.6. The van der Waals surface area contributed by atoms with Gasteiger partial charge in [-0.2, -0.15) is 0 Å². The fraction of sp³-hybridized carbons (Fsp3) is 0.235. The second-order valence-corrected chi connectivity index (χ2v) is 7.43. The lowest BCUT2D eigenvalue weighted by Gasteiger charge is -2.08. The van der Waals surface area contributed by atoms with Crippen molar-refractivity contribution >= 4 is 33.2 Å². The molecule has 0 saturated carbocycles. The topological polar surface area (TPSA) is 84.5 Å². The molecule has 0 aliphatic rings. The van der Waals surface area contributed by atoms with Gasteiger partial charge in [0.1, 0.15) is 0 Å². The minimum atomic E-state index is -3.60. The van der Waals surface area contributed by atoms with Gasteiger partial charge in [0.25, 0.3) is 5.91 Å². The van der Waals surface area contributed by atoms with Crippen LogP contribution in [0.4, 0.5) is 5.69 Å². The molecule has 0 heterocycles. The van der Waals surface area contributed by atoms with Gasteiger partial charge >= 0.3 is 0 Å². The molecule has 1 amide bonds. The lowest BCUT2D eigenvalue weighted by atomic mass is 10.2. The van der Waals surface area contributed by atoms with Crippen LogP contribution in [-0.4, -0.2) is 34.6 Å². The summed E-state index contributed by atoms with van der Waals surface area (Å²) in [4.78, 5) is 12.3. The largest absolute Gasteiger partial charge is 0.385 e. The molecule has 0 unspecified atom stereocenters. The molecule has 0 atom stereocenters. The number of amides is 1. The molecular weight excluding hydrogens is 364 g/mol. The maximum atomic E-state index is 12.2. The summed E-state index contributed by atoms with van der Waals surface area (Å²) in [6.07, 6.45) is 0.581. The van der Waals surface area contributed by atoms with E-state index >= 15 is 0 Å². The van der Waals surface area contributed by atoms with Crippen LogP contribution in [0, 0.1) is 0 Å². The Morgan fingerprint density at radius 1 is 1.08 bits per heavy atom. The Hall–Kier alpha value is -1.93. The first-order chi connectivity index (χ1) is 11.9. The van der Waals surface area contributed by atoms with Crippen LogP contribution in [0.1, 0.15) is 16.8 Å². The molecule has 6 nitrogen and oxygen atoms in total. The first-order valence-electron chi connectivity index (χ1n) is 7.58. The van der Waals surface area contributed by atoms with E-state index in [1.54, 1.807) is 31.4 Å². The molecule has 0 spiro atoms. The first kappa shape index (κ1) is 19.4. The summed E-state index contributed by atoms with van der Waals surface area (Å²) in [7, 11) is -2.04. The van der Waals surface area contributed by atoms with Gasteiger partial charge in [-0.05, 0) is 55.0 Å². The average molecular weight is 383 g/mol. The van der Waals surface area contributed by atoms with E-state index < -0.39 is 10.0 Å². The lowest BCUT2D eigenvalue weighted by Crippen LogP contribution is -2.25. The van der Waals surface area contributed by atoms with Crippen LogP contribution in [0.5, 0.6) is 0 Å². The van der Waals surface area contributed by atoms with Gasteiger partial charge in [-0.25, -0.2) is 13.1 Å². The maximum absolute atomic E-state index is 12.2. The van der Waals surface area contributed by atoms with Gasteiger partial charge in [-0.1, -0.05) is 11.6 Å². The molecular formula is C17H19ClN2O4S. The van der Waals surface area contributed by atoms with Crippen molar-refractivity contribution < 1.29 is 17.9 Å². The summed E-state index contributed by atoms with van der Waals surface area (Å²) in [5.41, 5.74) is 0.958. The Labute approximate surface area is 152 Å². The second-order valence-electron chi connectivity index (χ2n) is 5.23. The van der Waals surface area contributed by atoms with E-state index in [-0.39, 0.29) is 17.3 Å². The highest BCUT2D eigenvalue weighted by atomic mass is 35.5. The van der Waals surface area contributed by atoms with E-state index in [2.05, 4.69) is 10.0 Å². The Bertz CT molecular complexity index is 806. The number of rotatable bonds is 8. The van der Waals surface area contributed by atoms with Gasteiger partial charge in [-0.15, -0.1) is 0 Å². The fourth-order valence-electron chi connectivity index (χ4n) is 2.03. The number of carbonyl (C=O) groups is 1. The number of carbonyl (C=O) groups excluding carboxylic acids is 1. The van der Waals surface area contributed by atoms with Crippen molar-refractivity contribution in [1.82, 2.24) is 4.72 Å². The minimum absolute atomic E-state index is 0.105. The van der Waals surface area contributed by atoms with Crippen molar-refractivity contribution in [3.8, 4) is 0 Å². The first-order valence-corrected chi connectivity index (χ1v) is 9.44. The number of anilines is 1. The highest BCUT2D eigenvalue weighted by Crippen LogP contribution is 2.16. The molecule has 0 bridgehead atoms. The van der Waals surface area contributed by atoms with Crippen LogP contribution < -0.4 is 10.0 Å². The third kappa shape index (κ3) is 5.82. The van der Waals surface area contributed by atoms with Gasteiger partial charge in [-0.3, -0.25) is 4.79 Å². The number of ether oxygens (including phenoxy) is 1. The zero-order chi connectivity index (χ0) is 18.3. The molecule has 2 aromatic carbocycles. The molecule has 0 aliphatic carbocycles. The van der Waals surface area contributed by atoms with E-state index in [0.717, 1.165) is 0 Å². The molecule has 0 saturated heterocycles. The summed E-state index contributed by atoms with van der Waals surface area (Å²) in [6, 6.07) is 12.4. The van der Waals surface area contributed by atoms with Crippen molar-refractivity contribution in [1.29, 1.82) is 0 Å². The molecule has 0 aromatic heterocycles. The van der Waals surface area contributed by atoms with Crippen molar-refractivity contribution in [2.45, 2.75) is 11.3 Å². The smallest absolute Gasteiger partial charge is 0.255 e. The van der Waals surface area contributed by atoms with Crippen molar-refractivity contribution in [2.75, 3.05) is 25.6 Å². The van der Waals surface area contributed by atoms with Gasteiger partial charge in [0.05, 0.1) is 4.90 Å². The van der Waals surface area contributed by atoms with Gasteiger partial charge in [0.2, 0.25) is 10.0 Å². The Morgan fingerprint density at radius 3 is 2.32 bits per heavy atom. The third-order valence-electron chi connectivity index (χ3n) is 3.35. The SMILES string of the molecule is COCCCNS(=O)(=O)c1ccc(C(=O)Nc2ccc(Cl)cc2)cc1. The van der Waals surface area contributed by atoms with Gasteiger partial charge in [0.15, 0.2) is 0 Å². The highest BCUT2D eigenvalue weighted by Gasteiger charge is 2.14. The highest BCUT2D eigenvalue weighted by molar-refractivity contribution is 7.89. The molecule has 0 radical (unpaired) electrons. The molecule has 0 fully saturated rings. The summed E-state index contributed by atoms with van der Waals surface area (Å²) in [5.74, 6) is -0.334. The summed E-state index contributed by atoms with van der Waals surface area (Å²) >= 11 is 5.80. The quantitative estimate of drug-likeness (QED) is 0.687. The number of hydrogen-bond donors (Lipinski definition) is 2. The van der Waals surface area contributed by atoms with E-state index in [1.807, 2.05) is 0 Å². The zero-order valence-corrected chi connectivity index (χ0v) is 15.2. The maximum Gasteiger partial charge on any atom is 0.255 e. The number of hydrogen-bond acceptors (Lipinski definition) is 4. The number of nitrogens with one attached hydrogen (secondary N) is 2. The van der Waals surface area contributed by atoms with Crippen molar-refractivity contribution in [3.63, 3.8) is 0 Å². The van der Waals surface area contributed by atoms with E-state index in [4.69, 9.17) is 16.3 Å². The van der Waals surface area contributed by atoms with Crippen LogP contribution in [0.2, 0.25) is 5.02 Å². The normalized spacial score (nSPS) is 11.3. The van der Waals surface area contributed by atoms with Crippen molar-refractivity contribution in [2.24, 2.45) is 0 Å². The van der Waals surface area contributed by atoms with Crippen LogP contribution in [0.25, 0.3) is 0 Å². The summed E-state index contributed by atoms with van der Waals surface area (Å²) in [6.45, 7) is 0.765. The molecule has 25 heavy (non-hydrogen) atoms. The molecule has 2 N–H and O–H groups in total. The Kier molecular flexibility index (Phi) is 6.95. The van der Waals surface area contributed by atoms with Crippen molar-refractivity contribution in [3.05, 3.63) is 59.1 Å². The molecule has 8 heteroatoms. The minimum Gasteiger partial charge on any atom is -0.385 e. The number of methoxy groups -OCH3 is 1. The molecule has 2 aromatic rings. The van der Waals surface area contributed by atoms with E-state index in [1.165, 1.54) is 24.3 Å². The van der Waals surface area contributed by atoms with Gasteiger partial charge in [0, 0.05) is 36.5 Å². The van der Waals surface area contributed by atoms with Crippen LogP contribution in [0.15, 0.2) is 53.4 Å². The Morgan fingerprint density at radius 2 is 1.72 bits per heavy atom. The zero-order valence-electron chi connectivity index (χ0n) is 13.7. The lowest BCUT2D eigenvalue weighted by molar-refractivity contribution is 0.102. The van der Waals surface area contributed by atoms with Crippen LogP contribution in [-0.2, 0) is 14.8 Å². The number of halogens is 1. The molecule has 134 valence electrons. The summed E-state index contributed by atoms with van der Waals surface area (Å²) in [5, 5.41) is 3.29. The predicted octanol–water partition coefficient (Wildman–Crippen LogP) is 2.91. The average Bonchev–Trinajstić information content (AvgIpc) is 2.61. The van der Waals surface area contributed by atoms with Crippen LogP contribution in [0.3, 0.4) is 0 Å². The third-order valence-corrected chi connectivity index (χ3v) is 5.08. The predicted molar refractivity (Wildman–Crippen MR) is 97.5 cm³/mol. The molecule has 2 rings (SSSR count). The molecule has 0 aliphatic heterocycles. The van der Waals surface area contributed by atoms with E-state index in [0.29, 0.717) is 29.3 Å².